The first-order chi connectivity index (χ1) is 14.3. The Morgan fingerprint density at radius 3 is 1.38 bits per heavy atom. The molecule has 0 amide bonds. The first-order valence-corrected chi connectivity index (χ1v) is 13.2. The summed E-state index contributed by atoms with van der Waals surface area (Å²) in [7, 11) is 0. The van der Waals surface area contributed by atoms with Crippen molar-refractivity contribution in [1.29, 1.82) is 0 Å². The van der Waals surface area contributed by atoms with E-state index in [1.165, 1.54) is 133 Å². The highest BCUT2D eigenvalue weighted by Crippen LogP contribution is 2.20. The van der Waals surface area contributed by atoms with Crippen LogP contribution < -0.4 is 0 Å². The van der Waals surface area contributed by atoms with Crippen molar-refractivity contribution in [2.45, 2.75) is 124 Å². The molecule has 0 aliphatic heterocycles. The minimum atomic E-state index is 1.22. The summed E-state index contributed by atoms with van der Waals surface area (Å²) >= 11 is 0. The standard InChI is InChI=1S/C28H52N/c1-4-7-8-9-10-11-12-13-14-15-16-17-21-26-29(24-5-2,25-6-3)27-28-22-19-18-20-23-28/h18-20,22-23H,4-17,21,24-27H2,1-3H3/q+1. The van der Waals surface area contributed by atoms with Gasteiger partial charge in [0.1, 0.15) is 6.54 Å². The van der Waals surface area contributed by atoms with E-state index in [0.717, 1.165) is 0 Å². The molecule has 0 saturated carbocycles. The van der Waals surface area contributed by atoms with Crippen LogP contribution in [0.4, 0.5) is 0 Å². The van der Waals surface area contributed by atoms with Gasteiger partial charge in [-0.3, -0.25) is 0 Å². The third-order valence-electron chi connectivity index (χ3n) is 6.49. The zero-order valence-electron chi connectivity index (χ0n) is 20.3. The first kappa shape index (κ1) is 26.2. The second kappa shape index (κ2) is 18.0. The molecule has 29 heavy (non-hydrogen) atoms. The molecule has 1 aromatic carbocycles. The largest absolute Gasteiger partial charge is 0.320 e. The second-order valence-corrected chi connectivity index (χ2v) is 9.40. The van der Waals surface area contributed by atoms with Crippen LogP contribution in [0.2, 0.25) is 0 Å². The average Bonchev–Trinajstić information content (AvgIpc) is 2.72. The summed E-state index contributed by atoms with van der Waals surface area (Å²) in [5.41, 5.74) is 1.52. The number of unbranched alkanes of at least 4 members (excludes halogenated alkanes) is 12. The monoisotopic (exact) mass is 402 g/mol. The van der Waals surface area contributed by atoms with Crippen LogP contribution >= 0.6 is 0 Å². The molecule has 0 aromatic heterocycles. The van der Waals surface area contributed by atoms with Gasteiger partial charge in [-0.05, 0) is 25.7 Å². The minimum Gasteiger partial charge on any atom is -0.320 e. The molecule has 0 atom stereocenters. The number of benzene rings is 1. The maximum absolute atomic E-state index is 2.36. The van der Waals surface area contributed by atoms with E-state index in [1.54, 1.807) is 0 Å². The van der Waals surface area contributed by atoms with Gasteiger partial charge in [0.05, 0.1) is 19.6 Å². The lowest BCUT2D eigenvalue weighted by atomic mass is 10.0. The Morgan fingerprint density at radius 2 is 0.931 bits per heavy atom. The van der Waals surface area contributed by atoms with Crippen LogP contribution in [0.5, 0.6) is 0 Å². The van der Waals surface area contributed by atoms with E-state index in [4.69, 9.17) is 0 Å². The molecule has 1 aromatic rings. The highest BCUT2D eigenvalue weighted by atomic mass is 15.3. The lowest BCUT2D eigenvalue weighted by Gasteiger charge is -2.39. The topological polar surface area (TPSA) is 0 Å². The number of nitrogens with zero attached hydrogens (tertiary/aromatic N) is 1. The molecule has 0 unspecified atom stereocenters. The van der Waals surface area contributed by atoms with Crippen LogP contribution in [0.1, 0.15) is 123 Å². The first-order valence-electron chi connectivity index (χ1n) is 13.2. The van der Waals surface area contributed by atoms with Crippen molar-refractivity contribution in [3.8, 4) is 0 Å². The predicted molar refractivity (Wildman–Crippen MR) is 131 cm³/mol. The number of hydrogen-bond acceptors (Lipinski definition) is 0. The highest BCUT2D eigenvalue weighted by molar-refractivity contribution is 5.13. The molecule has 0 aliphatic carbocycles. The molecule has 0 spiro atoms. The van der Waals surface area contributed by atoms with E-state index in [2.05, 4.69) is 51.1 Å². The van der Waals surface area contributed by atoms with Crippen LogP contribution in [0.15, 0.2) is 30.3 Å². The summed E-state index contributed by atoms with van der Waals surface area (Å²) in [6, 6.07) is 11.2. The molecular formula is C28H52N+. The Morgan fingerprint density at radius 1 is 0.483 bits per heavy atom. The zero-order valence-corrected chi connectivity index (χ0v) is 20.3. The summed E-state index contributed by atoms with van der Waals surface area (Å²) in [6.45, 7) is 12.3. The van der Waals surface area contributed by atoms with Gasteiger partial charge < -0.3 is 4.48 Å². The molecule has 0 N–H and O–H groups in total. The zero-order chi connectivity index (χ0) is 21.0. The van der Waals surface area contributed by atoms with Gasteiger partial charge in [0.2, 0.25) is 0 Å². The summed E-state index contributed by atoms with van der Waals surface area (Å²) in [4.78, 5) is 0. The average molecular weight is 403 g/mol. The molecule has 0 saturated heterocycles. The third-order valence-corrected chi connectivity index (χ3v) is 6.49. The quantitative estimate of drug-likeness (QED) is 0.151. The third kappa shape index (κ3) is 13.2. The molecule has 0 aliphatic rings. The van der Waals surface area contributed by atoms with E-state index in [-0.39, 0.29) is 0 Å². The number of quaternary nitrogens is 1. The maximum Gasteiger partial charge on any atom is 0.104 e. The van der Waals surface area contributed by atoms with Crippen LogP contribution in [0.3, 0.4) is 0 Å². The Bertz CT molecular complexity index is 447. The van der Waals surface area contributed by atoms with Crippen molar-refractivity contribution >= 4 is 0 Å². The Balaban J connectivity index is 2.17. The van der Waals surface area contributed by atoms with Crippen LogP contribution in [-0.4, -0.2) is 24.1 Å². The van der Waals surface area contributed by atoms with Crippen molar-refractivity contribution in [3.63, 3.8) is 0 Å². The molecule has 1 heteroatoms. The molecule has 0 fully saturated rings. The fourth-order valence-corrected chi connectivity index (χ4v) is 4.96. The van der Waals surface area contributed by atoms with Gasteiger partial charge in [-0.15, -0.1) is 0 Å². The van der Waals surface area contributed by atoms with Gasteiger partial charge in [0.25, 0.3) is 0 Å². The van der Waals surface area contributed by atoms with Crippen LogP contribution in [0.25, 0.3) is 0 Å². The predicted octanol–water partition coefficient (Wildman–Crippen LogP) is 8.91. The van der Waals surface area contributed by atoms with Gasteiger partial charge in [-0.25, -0.2) is 0 Å². The van der Waals surface area contributed by atoms with Gasteiger partial charge >= 0.3 is 0 Å². The molecule has 0 radical (unpaired) electrons. The Hall–Kier alpha value is -0.820. The summed E-state index contributed by atoms with van der Waals surface area (Å²) in [5.74, 6) is 0. The molecule has 168 valence electrons. The molecule has 0 heterocycles. The second-order valence-electron chi connectivity index (χ2n) is 9.40. The molecular weight excluding hydrogens is 350 g/mol. The SMILES string of the molecule is CCCCCCCCCCCCCCC[N+](CCC)(CCC)Cc1ccccc1. The van der Waals surface area contributed by atoms with E-state index in [0.29, 0.717) is 0 Å². The fraction of sp³-hybridized carbons (Fsp3) is 0.786. The maximum atomic E-state index is 2.36. The number of rotatable bonds is 20. The smallest absolute Gasteiger partial charge is 0.104 e. The van der Waals surface area contributed by atoms with Crippen molar-refractivity contribution in [3.05, 3.63) is 35.9 Å². The van der Waals surface area contributed by atoms with E-state index in [9.17, 15) is 0 Å². The molecule has 0 bridgehead atoms. The minimum absolute atomic E-state index is 1.22. The summed E-state index contributed by atoms with van der Waals surface area (Å²) < 4.78 is 1.30. The van der Waals surface area contributed by atoms with Crippen molar-refractivity contribution in [2.24, 2.45) is 0 Å². The van der Waals surface area contributed by atoms with E-state index >= 15 is 0 Å². The highest BCUT2D eigenvalue weighted by Gasteiger charge is 2.25. The van der Waals surface area contributed by atoms with E-state index in [1.807, 2.05) is 0 Å². The lowest BCUT2D eigenvalue weighted by Crippen LogP contribution is -2.49. The van der Waals surface area contributed by atoms with Gasteiger partial charge in [0.15, 0.2) is 0 Å². The van der Waals surface area contributed by atoms with Gasteiger partial charge in [-0.2, -0.15) is 0 Å². The lowest BCUT2D eigenvalue weighted by molar-refractivity contribution is -0.941. The van der Waals surface area contributed by atoms with Crippen LogP contribution in [-0.2, 0) is 6.54 Å². The molecule has 1 rings (SSSR count). The normalized spacial score (nSPS) is 11.8. The Labute approximate surface area is 183 Å². The Kier molecular flexibility index (Phi) is 16.3. The van der Waals surface area contributed by atoms with Gasteiger partial charge in [-0.1, -0.05) is 122 Å². The van der Waals surface area contributed by atoms with Crippen LogP contribution in [0, 0.1) is 0 Å². The summed E-state index contributed by atoms with van der Waals surface area (Å²) in [5, 5.41) is 0. The van der Waals surface area contributed by atoms with Crippen molar-refractivity contribution in [1.82, 2.24) is 0 Å². The van der Waals surface area contributed by atoms with E-state index < -0.39 is 0 Å². The van der Waals surface area contributed by atoms with Crippen molar-refractivity contribution < 1.29 is 4.48 Å². The van der Waals surface area contributed by atoms with Crippen molar-refractivity contribution in [2.75, 3.05) is 19.6 Å². The number of hydrogen-bond donors (Lipinski definition) is 0. The summed E-state index contributed by atoms with van der Waals surface area (Å²) in [6.07, 6.45) is 21.4. The molecule has 1 nitrogen and oxygen atoms in total. The fourth-order valence-electron chi connectivity index (χ4n) is 4.96. The van der Waals surface area contributed by atoms with Gasteiger partial charge in [0, 0.05) is 5.56 Å².